The smallest absolute Gasteiger partial charge is 0.0652 e. The molecule has 0 saturated heterocycles. The molecule has 0 aliphatic heterocycles. The second-order valence-electron chi connectivity index (χ2n) is 5.79. The van der Waals surface area contributed by atoms with Gasteiger partial charge >= 0.3 is 0 Å². The summed E-state index contributed by atoms with van der Waals surface area (Å²) in [5.74, 6) is 0.592. The number of hydrogen-bond donors (Lipinski definition) is 2. The van der Waals surface area contributed by atoms with Gasteiger partial charge in [0.1, 0.15) is 0 Å². The number of nitrogens with two attached hydrogens (primary N) is 1. The minimum atomic E-state index is 0.240. The summed E-state index contributed by atoms with van der Waals surface area (Å²) in [6.45, 7) is 9.85. The minimum Gasteiger partial charge on any atom is -0.381 e. The molecule has 3 heteroatoms. The van der Waals surface area contributed by atoms with Gasteiger partial charge in [-0.1, -0.05) is 34.1 Å². The van der Waals surface area contributed by atoms with Gasteiger partial charge in [-0.25, -0.2) is 0 Å². The van der Waals surface area contributed by atoms with E-state index in [1.807, 2.05) is 0 Å². The van der Waals surface area contributed by atoms with Crippen molar-refractivity contribution in [2.24, 2.45) is 17.1 Å². The highest BCUT2D eigenvalue weighted by atomic mass is 16.5. The van der Waals surface area contributed by atoms with Crippen molar-refractivity contribution in [3.63, 3.8) is 0 Å². The molecule has 1 aliphatic rings. The maximum atomic E-state index is 6.12. The zero-order chi connectivity index (χ0) is 12.3. The van der Waals surface area contributed by atoms with Gasteiger partial charge in [-0.2, -0.15) is 0 Å². The van der Waals surface area contributed by atoms with Gasteiger partial charge in [-0.15, -0.1) is 0 Å². The van der Waals surface area contributed by atoms with Gasteiger partial charge in [-0.05, 0) is 12.3 Å². The van der Waals surface area contributed by atoms with Crippen molar-refractivity contribution >= 4 is 0 Å². The second-order valence-corrected chi connectivity index (χ2v) is 5.79. The first-order valence-electron chi connectivity index (χ1n) is 6.45. The van der Waals surface area contributed by atoms with Crippen molar-refractivity contribution in [3.05, 3.63) is 0 Å². The number of methoxy groups -OCH3 is 1. The first kappa shape index (κ1) is 13.9. The van der Waals surface area contributed by atoms with Crippen LogP contribution in [-0.2, 0) is 4.74 Å². The Kier molecular flexibility index (Phi) is 4.77. The predicted molar refractivity (Wildman–Crippen MR) is 68.4 cm³/mol. The Balaban J connectivity index is 2.30. The van der Waals surface area contributed by atoms with Gasteiger partial charge in [0.25, 0.3) is 0 Å². The highest BCUT2D eigenvalue weighted by molar-refractivity contribution is 5.02. The molecular weight excluding hydrogens is 200 g/mol. The Hall–Kier alpha value is -0.120. The fourth-order valence-electron chi connectivity index (χ4n) is 2.41. The van der Waals surface area contributed by atoms with Gasteiger partial charge in [-0.3, -0.25) is 0 Å². The Morgan fingerprint density at radius 3 is 2.56 bits per heavy atom. The maximum absolute atomic E-state index is 6.12. The van der Waals surface area contributed by atoms with Gasteiger partial charge in [0, 0.05) is 31.2 Å². The quantitative estimate of drug-likeness (QED) is 0.728. The third kappa shape index (κ3) is 2.76. The fourth-order valence-corrected chi connectivity index (χ4v) is 2.41. The average molecular weight is 228 g/mol. The molecule has 1 fully saturated rings. The fraction of sp³-hybridized carbons (Fsp3) is 1.00. The second kappa shape index (κ2) is 5.48. The SMILES string of the molecule is CCC(C)C(N)CNC1CC(OC)C1(C)C. The molecule has 0 amide bonds. The number of nitrogens with one attached hydrogen (secondary N) is 1. The van der Waals surface area contributed by atoms with E-state index in [0.717, 1.165) is 19.4 Å². The van der Waals surface area contributed by atoms with Crippen LogP contribution in [0.5, 0.6) is 0 Å². The van der Waals surface area contributed by atoms with Gasteiger partial charge in [0.2, 0.25) is 0 Å². The van der Waals surface area contributed by atoms with Gasteiger partial charge in [0.05, 0.1) is 6.10 Å². The van der Waals surface area contributed by atoms with Crippen LogP contribution in [0.15, 0.2) is 0 Å². The van der Waals surface area contributed by atoms with Crippen LogP contribution in [0.1, 0.15) is 40.5 Å². The van der Waals surface area contributed by atoms with Gasteiger partial charge in [0.15, 0.2) is 0 Å². The first-order valence-corrected chi connectivity index (χ1v) is 6.45. The van der Waals surface area contributed by atoms with Crippen molar-refractivity contribution < 1.29 is 4.74 Å². The molecule has 0 radical (unpaired) electrons. The van der Waals surface area contributed by atoms with Crippen LogP contribution in [0.4, 0.5) is 0 Å². The Morgan fingerprint density at radius 1 is 1.50 bits per heavy atom. The molecule has 0 aromatic carbocycles. The number of rotatable bonds is 6. The molecule has 4 unspecified atom stereocenters. The lowest BCUT2D eigenvalue weighted by Crippen LogP contribution is -2.62. The number of ether oxygens (including phenoxy) is 1. The molecule has 1 aliphatic carbocycles. The van der Waals surface area contributed by atoms with Crippen molar-refractivity contribution in [1.29, 1.82) is 0 Å². The van der Waals surface area contributed by atoms with Crippen molar-refractivity contribution in [2.75, 3.05) is 13.7 Å². The van der Waals surface area contributed by atoms with Crippen molar-refractivity contribution in [3.8, 4) is 0 Å². The molecule has 1 saturated carbocycles. The summed E-state index contributed by atoms with van der Waals surface area (Å²) in [5, 5.41) is 3.58. The van der Waals surface area contributed by atoms with E-state index < -0.39 is 0 Å². The lowest BCUT2D eigenvalue weighted by molar-refractivity contribution is -0.0977. The van der Waals surface area contributed by atoms with E-state index in [2.05, 4.69) is 33.0 Å². The summed E-state index contributed by atoms with van der Waals surface area (Å²) in [6, 6.07) is 0.815. The largest absolute Gasteiger partial charge is 0.381 e. The molecule has 0 aromatic heterocycles. The summed E-state index contributed by atoms with van der Waals surface area (Å²) >= 11 is 0. The van der Waals surface area contributed by atoms with Gasteiger partial charge < -0.3 is 15.8 Å². The van der Waals surface area contributed by atoms with Crippen LogP contribution in [0.3, 0.4) is 0 Å². The highest BCUT2D eigenvalue weighted by Gasteiger charge is 2.48. The van der Waals surface area contributed by atoms with E-state index in [0.29, 0.717) is 18.1 Å². The Bertz CT molecular complexity index is 218. The normalized spacial score (nSPS) is 31.9. The third-order valence-electron chi connectivity index (χ3n) is 4.44. The predicted octanol–water partition coefficient (Wildman–Crippen LogP) is 1.76. The molecular formula is C13H28N2O. The average Bonchev–Trinajstić information content (AvgIpc) is 2.26. The first-order chi connectivity index (χ1) is 7.43. The van der Waals surface area contributed by atoms with E-state index in [-0.39, 0.29) is 11.5 Å². The Morgan fingerprint density at radius 2 is 2.12 bits per heavy atom. The lowest BCUT2D eigenvalue weighted by Gasteiger charge is -2.51. The van der Waals surface area contributed by atoms with E-state index in [1.54, 1.807) is 7.11 Å². The molecule has 0 spiro atoms. The molecule has 3 nitrogen and oxygen atoms in total. The third-order valence-corrected chi connectivity index (χ3v) is 4.44. The molecule has 4 atom stereocenters. The van der Waals surface area contributed by atoms with Crippen LogP contribution < -0.4 is 11.1 Å². The molecule has 0 bridgehead atoms. The van der Waals surface area contributed by atoms with E-state index >= 15 is 0 Å². The zero-order valence-corrected chi connectivity index (χ0v) is 11.4. The maximum Gasteiger partial charge on any atom is 0.0652 e. The van der Waals surface area contributed by atoms with Crippen LogP contribution in [0, 0.1) is 11.3 Å². The monoisotopic (exact) mass is 228 g/mol. The summed E-state index contributed by atoms with van der Waals surface area (Å²) in [5.41, 5.74) is 6.36. The van der Waals surface area contributed by atoms with Crippen LogP contribution in [-0.4, -0.2) is 31.8 Å². The molecule has 16 heavy (non-hydrogen) atoms. The summed E-state index contributed by atoms with van der Waals surface area (Å²) in [6.07, 6.45) is 2.65. The zero-order valence-electron chi connectivity index (χ0n) is 11.4. The standard InChI is InChI=1S/C13H28N2O/c1-6-9(2)10(14)8-15-11-7-12(16-5)13(11,3)4/h9-12,15H,6-8,14H2,1-5H3. The molecule has 0 heterocycles. The van der Waals surface area contributed by atoms with Crippen LogP contribution in [0.25, 0.3) is 0 Å². The van der Waals surface area contributed by atoms with Crippen molar-refractivity contribution in [1.82, 2.24) is 5.32 Å². The van der Waals surface area contributed by atoms with E-state index in [9.17, 15) is 0 Å². The van der Waals surface area contributed by atoms with Crippen molar-refractivity contribution in [2.45, 2.75) is 58.7 Å². The summed E-state index contributed by atoms with van der Waals surface area (Å²) in [7, 11) is 1.80. The topological polar surface area (TPSA) is 47.3 Å². The lowest BCUT2D eigenvalue weighted by atomic mass is 9.64. The van der Waals surface area contributed by atoms with E-state index in [4.69, 9.17) is 10.5 Å². The molecule has 1 rings (SSSR count). The van der Waals surface area contributed by atoms with Crippen LogP contribution >= 0.6 is 0 Å². The molecule has 0 aromatic rings. The number of hydrogen-bond acceptors (Lipinski definition) is 3. The highest BCUT2D eigenvalue weighted by Crippen LogP contribution is 2.42. The molecule has 96 valence electrons. The minimum absolute atomic E-state index is 0.240. The Labute approximate surface area is 100 Å². The van der Waals surface area contributed by atoms with Crippen LogP contribution in [0.2, 0.25) is 0 Å². The summed E-state index contributed by atoms with van der Waals surface area (Å²) in [4.78, 5) is 0. The van der Waals surface area contributed by atoms with E-state index in [1.165, 1.54) is 0 Å². The molecule has 3 N–H and O–H groups in total. The summed E-state index contributed by atoms with van der Waals surface area (Å²) < 4.78 is 5.44.